The molecule has 162 valence electrons. The minimum atomic E-state index is -0.0617. The van der Waals surface area contributed by atoms with Gasteiger partial charge in [0, 0.05) is 60.7 Å². The second-order valence-electron chi connectivity index (χ2n) is 7.68. The predicted octanol–water partition coefficient (Wildman–Crippen LogP) is 3.83. The summed E-state index contributed by atoms with van der Waals surface area (Å²) in [5.41, 5.74) is 1.85. The van der Waals surface area contributed by atoms with Crippen molar-refractivity contribution in [1.29, 1.82) is 0 Å². The number of anilines is 1. The number of hydrogen-bond donors (Lipinski definition) is 1. The average molecular weight is 437 g/mol. The Bertz CT molecular complexity index is 955. The molecule has 1 aliphatic rings. The standard InChI is InChI=1S/C24H28N4O2S/c1-18(26-24(29)19-9-11-25-12-10-19)23(22-4-3-17-31-22)28-15-13-27(14-16-28)20-5-7-21(30-2)8-6-20/h3-12,17-18,23H,13-16H2,1-2H3,(H,26,29)/t18-,23+/m0/s1. The summed E-state index contributed by atoms with van der Waals surface area (Å²) in [4.78, 5) is 22.9. The molecular formula is C24H28N4O2S. The Hall–Kier alpha value is -2.90. The number of methoxy groups -OCH3 is 1. The van der Waals surface area contributed by atoms with Crippen molar-refractivity contribution in [2.45, 2.75) is 19.0 Å². The maximum atomic E-state index is 12.7. The van der Waals surface area contributed by atoms with E-state index in [4.69, 9.17) is 4.74 Å². The molecule has 0 spiro atoms. The van der Waals surface area contributed by atoms with Crippen molar-refractivity contribution in [2.24, 2.45) is 0 Å². The van der Waals surface area contributed by atoms with Crippen LogP contribution < -0.4 is 15.0 Å². The summed E-state index contributed by atoms with van der Waals surface area (Å²) < 4.78 is 5.27. The van der Waals surface area contributed by atoms with Gasteiger partial charge in [-0.2, -0.15) is 0 Å². The van der Waals surface area contributed by atoms with E-state index in [9.17, 15) is 4.79 Å². The summed E-state index contributed by atoms with van der Waals surface area (Å²) in [5, 5.41) is 5.31. The SMILES string of the molecule is COc1ccc(N2CCN([C@@H](c3cccs3)[C@H](C)NC(=O)c3ccncc3)CC2)cc1. The van der Waals surface area contributed by atoms with E-state index in [1.165, 1.54) is 10.6 Å². The molecule has 0 bridgehead atoms. The Morgan fingerprint density at radius 2 is 1.77 bits per heavy atom. The number of ether oxygens (including phenoxy) is 1. The van der Waals surface area contributed by atoms with Crippen molar-refractivity contribution in [1.82, 2.24) is 15.2 Å². The number of carbonyl (C=O) groups is 1. The van der Waals surface area contributed by atoms with Crippen LogP contribution in [0.15, 0.2) is 66.3 Å². The third-order valence-electron chi connectivity index (χ3n) is 5.75. The molecule has 1 N–H and O–H groups in total. The normalized spacial score (nSPS) is 16.5. The molecule has 0 aliphatic carbocycles. The Morgan fingerprint density at radius 3 is 2.39 bits per heavy atom. The van der Waals surface area contributed by atoms with Gasteiger partial charge in [-0.1, -0.05) is 6.07 Å². The van der Waals surface area contributed by atoms with Gasteiger partial charge in [0.05, 0.1) is 13.2 Å². The molecule has 1 fully saturated rings. The Labute approximate surface area is 187 Å². The summed E-state index contributed by atoms with van der Waals surface area (Å²) in [5.74, 6) is 0.812. The van der Waals surface area contributed by atoms with E-state index >= 15 is 0 Å². The van der Waals surface area contributed by atoms with Crippen LogP contribution in [0.25, 0.3) is 0 Å². The molecule has 3 heterocycles. The minimum absolute atomic E-state index is 0.0214. The second kappa shape index (κ2) is 9.94. The van der Waals surface area contributed by atoms with Crippen LogP contribution in [0.1, 0.15) is 28.2 Å². The number of hydrogen-bond acceptors (Lipinski definition) is 6. The largest absolute Gasteiger partial charge is 0.497 e. The van der Waals surface area contributed by atoms with Crippen LogP contribution in [-0.2, 0) is 0 Å². The highest BCUT2D eigenvalue weighted by Crippen LogP contribution is 2.30. The van der Waals surface area contributed by atoms with Crippen molar-refractivity contribution in [3.05, 3.63) is 76.7 Å². The number of nitrogens with zero attached hydrogens (tertiary/aromatic N) is 3. The van der Waals surface area contributed by atoms with E-state index in [1.807, 2.05) is 12.1 Å². The summed E-state index contributed by atoms with van der Waals surface area (Å²) in [6.45, 7) is 5.85. The van der Waals surface area contributed by atoms with Gasteiger partial charge < -0.3 is 15.0 Å². The van der Waals surface area contributed by atoms with Gasteiger partial charge in [-0.25, -0.2) is 0 Å². The van der Waals surface area contributed by atoms with Gasteiger partial charge in [0.15, 0.2) is 0 Å². The highest BCUT2D eigenvalue weighted by Gasteiger charge is 2.31. The lowest BCUT2D eigenvalue weighted by molar-refractivity contribution is 0.0890. The minimum Gasteiger partial charge on any atom is -0.497 e. The van der Waals surface area contributed by atoms with Gasteiger partial charge in [0.1, 0.15) is 5.75 Å². The molecule has 2 atom stereocenters. The van der Waals surface area contributed by atoms with Gasteiger partial charge in [-0.3, -0.25) is 14.7 Å². The maximum absolute atomic E-state index is 12.7. The van der Waals surface area contributed by atoms with E-state index in [0.29, 0.717) is 5.56 Å². The van der Waals surface area contributed by atoms with Crippen LogP contribution in [-0.4, -0.2) is 55.1 Å². The molecule has 6 nitrogen and oxygen atoms in total. The summed E-state index contributed by atoms with van der Waals surface area (Å²) in [6, 6.07) is 16.1. The predicted molar refractivity (Wildman–Crippen MR) is 125 cm³/mol. The van der Waals surface area contributed by atoms with Gasteiger partial charge >= 0.3 is 0 Å². The fourth-order valence-corrected chi connectivity index (χ4v) is 5.09. The smallest absolute Gasteiger partial charge is 0.251 e. The molecule has 3 aromatic rings. The molecule has 2 aromatic heterocycles. The van der Waals surface area contributed by atoms with Crippen LogP contribution in [0.3, 0.4) is 0 Å². The Kier molecular flexibility index (Phi) is 6.84. The zero-order chi connectivity index (χ0) is 21.6. The molecule has 1 amide bonds. The van der Waals surface area contributed by atoms with Crippen LogP contribution in [0, 0.1) is 0 Å². The number of piperazine rings is 1. The lowest BCUT2D eigenvalue weighted by atomic mass is 10.0. The lowest BCUT2D eigenvalue weighted by Gasteiger charge is -2.42. The summed E-state index contributed by atoms with van der Waals surface area (Å²) >= 11 is 1.75. The lowest BCUT2D eigenvalue weighted by Crippen LogP contribution is -2.52. The average Bonchev–Trinajstić information content (AvgIpc) is 3.34. The quantitative estimate of drug-likeness (QED) is 0.610. The number of thiophene rings is 1. The first-order valence-corrected chi connectivity index (χ1v) is 11.4. The second-order valence-corrected chi connectivity index (χ2v) is 8.66. The van der Waals surface area contributed by atoms with Gasteiger partial charge in [0.2, 0.25) is 0 Å². The Morgan fingerprint density at radius 1 is 1.06 bits per heavy atom. The van der Waals surface area contributed by atoms with Gasteiger partial charge in [-0.05, 0) is 54.8 Å². The van der Waals surface area contributed by atoms with Crippen molar-refractivity contribution in [2.75, 3.05) is 38.2 Å². The number of pyridine rings is 1. The molecule has 0 radical (unpaired) electrons. The fraction of sp³-hybridized carbons (Fsp3) is 0.333. The third-order valence-corrected chi connectivity index (χ3v) is 6.70. The topological polar surface area (TPSA) is 57.7 Å². The number of benzene rings is 1. The van der Waals surface area contributed by atoms with E-state index in [-0.39, 0.29) is 18.0 Å². The van der Waals surface area contributed by atoms with Crippen LogP contribution in [0.2, 0.25) is 0 Å². The Balaban J connectivity index is 1.44. The van der Waals surface area contributed by atoms with Crippen LogP contribution >= 0.6 is 11.3 Å². The highest BCUT2D eigenvalue weighted by atomic mass is 32.1. The van der Waals surface area contributed by atoms with Crippen LogP contribution in [0.5, 0.6) is 5.75 Å². The number of rotatable bonds is 7. The first-order valence-electron chi connectivity index (χ1n) is 10.5. The van der Waals surface area contributed by atoms with Crippen molar-refractivity contribution in [3.63, 3.8) is 0 Å². The monoisotopic (exact) mass is 436 g/mol. The number of amides is 1. The summed E-state index contributed by atoms with van der Waals surface area (Å²) in [6.07, 6.45) is 3.30. The fourth-order valence-electron chi connectivity index (χ4n) is 4.13. The van der Waals surface area contributed by atoms with Crippen LogP contribution in [0.4, 0.5) is 5.69 Å². The maximum Gasteiger partial charge on any atom is 0.251 e. The zero-order valence-electron chi connectivity index (χ0n) is 17.9. The van der Waals surface area contributed by atoms with E-state index in [1.54, 1.807) is 43.0 Å². The zero-order valence-corrected chi connectivity index (χ0v) is 18.7. The number of nitrogens with one attached hydrogen (secondary N) is 1. The van der Waals surface area contributed by atoms with E-state index < -0.39 is 0 Å². The molecule has 1 aliphatic heterocycles. The molecule has 1 aromatic carbocycles. The molecule has 0 unspecified atom stereocenters. The molecule has 7 heteroatoms. The molecular weight excluding hydrogens is 408 g/mol. The van der Waals surface area contributed by atoms with Crippen molar-refractivity contribution in [3.8, 4) is 5.75 Å². The third kappa shape index (κ3) is 5.06. The van der Waals surface area contributed by atoms with Crippen molar-refractivity contribution >= 4 is 22.9 Å². The molecule has 0 saturated carbocycles. The molecule has 31 heavy (non-hydrogen) atoms. The van der Waals surface area contributed by atoms with E-state index in [0.717, 1.165) is 31.9 Å². The first-order chi connectivity index (χ1) is 15.2. The molecule has 1 saturated heterocycles. The first kappa shape index (κ1) is 21.3. The highest BCUT2D eigenvalue weighted by molar-refractivity contribution is 7.10. The van der Waals surface area contributed by atoms with E-state index in [2.05, 4.69) is 56.7 Å². The van der Waals surface area contributed by atoms with Gasteiger partial charge in [0.25, 0.3) is 5.91 Å². The van der Waals surface area contributed by atoms with Gasteiger partial charge in [-0.15, -0.1) is 11.3 Å². The number of aromatic nitrogens is 1. The van der Waals surface area contributed by atoms with Crippen molar-refractivity contribution < 1.29 is 9.53 Å². The number of carbonyl (C=O) groups excluding carboxylic acids is 1. The summed E-state index contributed by atoms with van der Waals surface area (Å²) in [7, 11) is 1.69. The molecule has 4 rings (SSSR count).